The predicted octanol–water partition coefficient (Wildman–Crippen LogP) is 2.25. The number of nitrogens with zero attached hydrogens (tertiary/aromatic N) is 3. The van der Waals surface area contributed by atoms with Gasteiger partial charge in [-0.1, -0.05) is 0 Å². The Labute approximate surface area is 110 Å². The van der Waals surface area contributed by atoms with Gasteiger partial charge in [0.05, 0.1) is 6.10 Å². The van der Waals surface area contributed by atoms with E-state index >= 15 is 0 Å². The quantitative estimate of drug-likeness (QED) is 0.914. The Morgan fingerprint density at radius 1 is 1.16 bits per heavy atom. The lowest BCUT2D eigenvalue weighted by Gasteiger charge is -2.30. The van der Waals surface area contributed by atoms with Gasteiger partial charge < -0.3 is 10.0 Å². The van der Waals surface area contributed by atoms with Crippen LogP contribution in [0.5, 0.6) is 0 Å². The minimum absolute atomic E-state index is 0.182. The van der Waals surface area contributed by atoms with Gasteiger partial charge in [-0.2, -0.15) is 0 Å². The van der Waals surface area contributed by atoms with E-state index in [0.717, 1.165) is 12.8 Å². The maximum atomic E-state index is 12.9. The number of aliphatic hydroxyl groups excluding tert-OH is 1. The van der Waals surface area contributed by atoms with Crippen LogP contribution >= 0.6 is 0 Å². The van der Waals surface area contributed by atoms with Crippen LogP contribution in [0.2, 0.25) is 0 Å². The molecule has 1 aliphatic carbocycles. The zero-order valence-corrected chi connectivity index (χ0v) is 10.6. The topological polar surface area (TPSA) is 49.2 Å². The molecule has 2 heterocycles. The number of aromatic nitrogens is 2. The van der Waals surface area contributed by atoms with Gasteiger partial charge in [0, 0.05) is 25.1 Å². The second kappa shape index (κ2) is 5.00. The summed E-state index contributed by atoms with van der Waals surface area (Å²) in [6.07, 6.45) is 0.458. The van der Waals surface area contributed by atoms with E-state index in [1.54, 1.807) is 0 Å². The summed E-state index contributed by atoms with van der Waals surface area (Å²) in [5, 5.41) is 9.49. The largest absolute Gasteiger partial charge is 0.393 e. The third kappa shape index (κ3) is 2.83. The third-order valence-electron chi connectivity index (χ3n) is 3.70. The van der Waals surface area contributed by atoms with Gasteiger partial charge in [-0.15, -0.1) is 0 Å². The summed E-state index contributed by atoms with van der Waals surface area (Å²) in [5.41, 5.74) is -0.182. The van der Waals surface area contributed by atoms with Crippen LogP contribution in [-0.2, 0) is 0 Å². The summed E-state index contributed by atoms with van der Waals surface area (Å²) in [6, 6.07) is 1.38. The molecule has 0 aromatic carbocycles. The Hall–Kier alpha value is -1.30. The smallest absolute Gasteiger partial charge is 0.280 e. The summed E-state index contributed by atoms with van der Waals surface area (Å²) < 4.78 is 25.8. The molecule has 0 amide bonds. The van der Waals surface area contributed by atoms with Crippen molar-refractivity contribution in [2.24, 2.45) is 0 Å². The number of halogens is 2. The molecule has 0 spiro atoms. The number of hydrogen-bond acceptors (Lipinski definition) is 4. The number of rotatable bonds is 3. The monoisotopic (exact) mass is 269 g/mol. The van der Waals surface area contributed by atoms with Crippen LogP contribution in [0.4, 0.5) is 14.6 Å². The molecule has 1 saturated heterocycles. The lowest BCUT2D eigenvalue weighted by atomic mass is 10.1. The molecule has 3 rings (SSSR count). The zero-order valence-electron chi connectivity index (χ0n) is 10.6. The second-order valence-corrected chi connectivity index (χ2v) is 5.30. The highest BCUT2D eigenvalue weighted by atomic mass is 19.3. The van der Waals surface area contributed by atoms with Crippen LogP contribution in [0.15, 0.2) is 6.07 Å². The Morgan fingerprint density at radius 2 is 1.84 bits per heavy atom. The third-order valence-corrected chi connectivity index (χ3v) is 3.70. The number of anilines is 1. The van der Waals surface area contributed by atoms with Gasteiger partial charge in [-0.05, 0) is 25.7 Å². The molecular formula is C13H17F2N3O. The van der Waals surface area contributed by atoms with E-state index in [-0.39, 0.29) is 17.7 Å². The first kappa shape index (κ1) is 12.7. The van der Waals surface area contributed by atoms with Crippen LogP contribution in [0.1, 0.15) is 49.5 Å². The molecule has 1 saturated carbocycles. The Bertz CT molecular complexity index is 437. The highest BCUT2D eigenvalue weighted by Gasteiger charge is 2.29. The van der Waals surface area contributed by atoms with Gasteiger partial charge in [-0.25, -0.2) is 18.7 Å². The number of hydrogen-bond donors (Lipinski definition) is 1. The first-order chi connectivity index (χ1) is 9.13. The van der Waals surface area contributed by atoms with Crippen molar-refractivity contribution < 1.29 is 13.9 Å². The van der Waals surface area contributed by atoms with Crippen LogP contribution in [0.25, 0.3) is 0 Å². The number of alkyl halides is 2. The van der Waals surface area contributed by atoms with Crippen molar-refractivity contribution in [3.05, 3.63) is 17.6 Å². The van der Waals surface area contributed by atoms with Crippen LogP contribution in [0, 0.1) is 0 Å². The van der Waals surface area contributed by atoms with Gasteiger partial charge >= 0.3 is 0 Å². The lowest BCUT2D eigenvalue weighted by Crippen LogP contribution is -2.36. The molecule has 6 heteroatoms. The summed E-state index contributed by atoms with van der Waals surface area (Å²) >= 11 is 0. The molecular weight excluding hydrogens is 252 g/mol. The van der Waals surface area contributed by atoms with E-state index in [1.807, 2.05) is 4.90 Å². The lowest BCUT2D eigenvalue weighted by molar-refractivity contribution is 0.143. The Morgan fingerprint density at radius 3 is 2.42 bits per heavy atom. The molecule has 1 aromatic heterocycles. The average Bonchev–Trinajstić information content (AvgIpc) is 3.23. The first-order valence-corrected chi connectivity index (χ1v) is 6.73. The Kier molecular flexibility index (Phi) is 3.35. The predicted molar refractivity (Wildman–Crippen MR) is 66.4 cm³/mol. The number of aliphatic hydroxyl groups is 1. The molecule has 2 fully saturated rings. The van der Waals surface area contributed by atoms with Crippen molar-refractivity contribution in [3.63, 3.8) is 0 Å². The van der Waals surface area contributed by atoms with E-state index < -0.39 is 6.43 Å². The van der Waals surface area contributed by atoms with E-state index in [4.69, 9.17) is 0 Å². The molecule has 0 atom stereocenters. The minimum atomic E-state index is -2.56. The molecule has 4 nitrogen and oxygen atoms in total. The van der Waals surface area contributed by atoms with Crippen LogP contribution in [0.3, 0.4) is 0 Å². The summed E-state index contributed by atoms with van der Waals surface area (Å²) in [4.78, 5) is 10.4. The Balaban J connectivity index is 1.86. The van der Waals surface area contributed by atoms with Crippen molar-refractivity contribution in [1.29, 1.82) is 0 Å². The molecule has 1 aliphatic heterocycles. The van der Waals surface area contributed by atoms with E-state index in [9.17, 15) is 13.9 Å². The summed E-state index contributed by atoms with van der Waals surface area (Å²) in [6.45, 7) is 1.32. The fourth-order valence-corrected chi connectivity index (χ4v) is 2.36. The SMILES string of the molecule is OC1CCN(c2cc(C(F)F)nc(C3CC3)n2)CC1. The standard InChI is InChI=1S/C13H17F2N3O/c14-12(15)10-7-11(17-13(16-10)8-1-2-8)18-5-3-9(19)4-6-18/h7-9,12,19H,1-6H2. The highest BCUT2D eigenvalue weighted by molar-refractivity contribution is 5.41. The molecule has 1 aromatic rings. The van der Waals surface area contributed by atoms with E-state index in [0.29, 0.717) is 37.6 Å². The first-order valence-electron chi connectivity index (χ1n) is 6.73. The zero-order chi connectivity index (χ0) is 13.4. The van der Waals surface area contributed by atoms with Crippen molar-refractivity contribution in [3.8, 4) is 0 Å². The van der Waals surface area contributed by atoms with Crippen molar-refractivity contribution in [2.45, 2.75) is 44.1 Å². The second-order valence-electron chi connectivity index (χ2n) is 5.30. The van der Waals surface area contributed by atoms with Gasteiger partial charge in [0.15, 0.2) is 0 Å². The van der Waals surface area contributed by atoms with E-state index in [2.05, 4.69) is 9.97 Å². The van der Waals surface area contributed by atoms with Gasteiger partial charge in [0.1, 0.15) is 17.3 Å². The van der Waals surface area contributed by atoms with Crippen molar-refractivity contribution in [2.75, 3.05) is 18.0 Å². The van der Waals surface area contributed by atoms with Gasteiger partial charge in [-0.3, -0.25) is 0 Å². The van der Waals surface area contributed by atoms with Crippen LogP contribution < -0.4 is 4.90 Å². The highest BCUT2D eigenvalue weighted by Crippen LogP contribution is 2.39. The molecule has 104 valence electrons. The molecule has 0 radical (unpaired) electrons. The maximum Gasteiger partial charge on any atom is 0.280 e. The van der Waals surface area contributed by atoms with E-state index in [1.165, 1.54) is 6.07 Å². The minimum Gasteiger partial charge on any atom is -0.393 e. The molecule has 1 N–H and O–H groups in total. The molecule has 19 heavy (non-hydrogen) atoms. The normalized spacial score (nSPS) is 21.2. The molecule has 0 unspecified atom stereocenters. The van der Waals surface area contributed by atoms with Crippen LogP contribution in [-0.4, -0.2) is 34.3 Å². The fraction of sp³-hybridized carbons (Fsp3) is 0.692. The molecule has 2 aliphatic rings. The van der Waals surface area contributed by atoms with Crippen molar-refractivity contribution >= 4 is 5.82 Å². The summed E-state index contributed by atoms with van der Waals surface area (Å²) in [5.74, 6) is 1.39. The number of piperidine rings is 1. The maximum absolute atomic E-state index is 12.9. The molecule has 0 bridgehead atoms. The average molecular weight is 269 g/mol. The van der Waals surface area contributed by atoms with Gasteiger partial charge in [0.25, 0.3) is 6.43 Å². The fourth-order valence-electron chi connectivity index (χ4n) is 2.36. The van der Waals surface area contributed by atoms with Gasteiger partial charge in [0.2, 0.25) is 0 Å². The summed E-state index contributed by atoms with van der Waals surface area (Å²) in [7, 11) is 0. The van der Waals surface area contributed by atoms with Crippen molar-refractivity contribution in [1.82, 2.24) is 9.97 Å².